The molecule has 2 aliphatic heterocycles. The van der Waals surface area contributed by atoms with Crippen molar-refractivity contribution >= 4 is 12.1 Å². The third kappa shape index (κ3) is 3.99. The molecule has 2 aromatic heterocycles. The van der Waals surface area contributed by atoms with E-state index < -0.39 is 18.8 Å². The summed E-state index contributed by atoms with van der Waals surface area (Å²) in [6, 6.07) is 3.00. The Kier molecular flexibility index (Phi) is 5.19. The Hall–Kier alpha value is -3.37. The molecule has 11 heteroatoms. The summed E-state index contributed by atoms with van der Waals surface area (Å²) in [5.41, 5.74) is 3.06. The minimum absolute atomic E-state index is 0.00181. The lowest BCUT2D eigenvalue weighted by Crippen LogP contribution is -2.41. The van der Waals surface area contributed by atoms with E-state index in [1.807, 2.05) is 0 Å². The molecule has 0 bridgehead atoms. The van der Waals surface area contributed by atoms with Crippen molar-refractivity contribution in [3.05, 3.63) is 35.2 Å². The van der Waals surface area contributed by atoms with Crippen molar-refractivity contribution in [3.8, 4) is 22.9 Å². The van der Waals surface area contributed by atoms with E-state index in [1.54, 1.807) is 25.3 Å². The van der Waals surface area contributed by atoms with Crippen molar-refractivity contribution in [2.45, 2.75) is 25.7 Å². The summed E-state index contributed by atoms with van der Waals surface area (Å²) < 4.78 is 48.4. The molecule has 1 unspecified atom stereocenters. The predicted molar refractivity (Wildman–Crippen MR) is 105 cm³/mol. The molecular weight excluding hydrogens is 415 g/mol. The number of halogens is 3. The lowest BCUT2D eigenvalue weighted by Gasteiger charge is -2.23. The van der Waals surface area contributed by atoms with Gasteiger partial charge in [-0.15, -0.1) is 0 Å². The van der Waals surface area contributed by atoms with Crippen LogP contribution in [0.15, 0.2) is 23.4 Å². The SMILES string of the molecule is COc1cc(-c2cc3c(c(C)n2)C(=O)N(C2C=NN(CC(F)(F)F)C2)C3)cnc1OC. The van der Waals surface area contributed by atoms with Gasteiger partial charge in [0, 0.05) is 24.5 Å². The number of ether oxygens (including phenoxy) is 2. The molecule has 0 fully saturated rings. The van der Waals surface area contributed by atoms with Crippen LogP contribution in [0.1, 0.15) is 21.6 Å². The van der Waals surface area contributed by atoms with Gasteiger partial charge in [-0.05, 0) is 24.6 Å². The molecular formula is C20H20F3N5O3. The van der Waals surface area contributed by atoms with Crippen LogP contribution in [0.25, 0.3) is 11.3 Å². The number of hydrogen-bond donors (Lipinski definition) is 0. The number of carbonyl (C=O) groups is 1. The van der Waals surface area contributed by atoms with Gasteiger partial charge in [0.25, 0.3) is 11.8 Å². The lowest BCUT2D eigenvalue weighted by atomic mass is 10.1. The van der Waals surface area contributed by atoms with E-state index >= 15 is 0 Å². The molecule has 0 radical (unpaired) electrons. The van der Waals surface area contributed by atoms with Crippen LogP contribution in [0.5, 0.6) is 11.6 Å². The van der Waals surface area contributed by atoms with Gasteiger partial charge in [-0.3, -0.25) is 14.8 Å². The number of methoxy groups -OCH3 is 2. The van der Waals surface area contributed by atoms with Gasteiger partial charge >= 0.3 is 6.18 Å². The first-order valence-corrected chi connectivity index (χ1v) is 9.46. The molecule has 4 heterocycles. The maximum absolute atomic E-state index is 13.0. The first-order chi connectivity index (χ1) is 14.7. The number of nitrogens with zero attached hydrogens (tertiary/aromatic N) is 5. The first kappa shape index (κ1) is 20.9. The van der Waals surface area contributed by atoms with E-state index in [1.165, 1.54) is 25.3 Å². The van der Waals surface area contributed by atoms with Crippen LogP contribution >= 0.6 is 0 Å². The second-order valence-corrected chi connectivity index (χ2v) is 7.29. The van der Waals surface area contributed by atoms with Crippen LogP contribution in [0.2, 0.25) is 0 Å². The summed E-state index contributed by atoms with van der Waals surface area (Å²) in [7, 11) is 3.00. The zero-order chi connectivity index (χ0) is 22.3. The molecule has 2 aromatic rings. The third-order valence-electron chi connectivity index (χ3n) is 5.19. The average Bonchev–Trinajstić information content (AvgIpc) is 3.30. The van der Waals surface area contributed by atoms with Gasteiger partial charge in [0.1, 0.15) is 6.54 Å². The number of hydrogen-bond acceptors (Lipinski definition) is 7. The molecule has 0 N–H and O–H groups in total. The molecule has 1 amide bonds. The van der Waals surface area contributed by atoms with Gasteiger partial charge in [-0.25, -0.2) is 4.98 Å². The van der Waals surface area contributed by atoms with Crippen LogP contribution in [0.4, 0.5) is 13.2 Å². The quantitative estimate of drug-likeness (QED) is 0.719. The highest BCUT2D eigenvalue weighted by molar-refractivity contribution is 6.01. The van der Waals surface area contributed by atoms with Crippen LogP contribution in [-0.2, 0) is 6.54 Å². The molecule has 0 aromatic carbocycles. The Bertz CT molecular complexity index is 1060. The van der Waals surface area contributed by atoms with Crippen molar-refractivity contribution in [1.29, 1.82) is 0 Å². The van der Waals surface area contributed by atoms with Gasteiger partial charge in [-0.2, -0.15) is 18.3 Å². The van der Waals surface area contributed by atoms with Gasteiger partial charge in [0.15, 0.2) is 5.75 Å². The normalized spacial score (nSPS) is 18.0. The maximum atomic E-state index is 13.0. The highest BCUT2D eigenvalue weighted by Crippen LogP contribution is 2.34. The summed E-state index contributed by atoms with van der Waals surface area (Å²) in [5, 5.41) is 4.74. The maximum Gasteiger partial charge on any atom is 0.407 e. The Morgan fingerprint density at radius 2 is 2.00 bits per heavy atom. The van der Waals surface area contributed by atoms with E-state index in [9.17, 15) is 18.0 Å². The van der Waals surface area contributed by atoms with Crippen LogP contribution < -0.4 is 9.47 Å². The number of pyridine rings is 2. The molecule has 0 aliphatic carbocycles. The Labute approximate surface area is 176 Å². The number of rotatable bonds is 5. The molecule has 31 heavy (non-hydrogen) atoms. The Morgan fingerprint density at radius 1 is 1.23 bits per heavy atom. The fraction of sp³-hybridized carbons (Fsp3) is 0.400. The van der Waals surface area contributed by atoms with Gasteiger partial charge in [0.05, 0.1) is 43.8 Å². The van der Waals surface area contributed by atoms with E-state index in [4.69, 9.17) is 9.47 Å². The zero-order valence-corrected chi connectivity index (χ0v) is 17.1. The predicted octanol–water partition coefficient (Wildman–Crippen LogP) is 2.66. The highest BCUT2D eigenvalue weighted by atomic mass is 19.4. The summed E-state index contributed by atoms with van der Waals surface area (Å²) in [6.07, 6.45) is -1.37. The number of amides is 1. The molecule has 8 nitrogen and oxygen atoms in total. The lowest BCUT2D eigenvalue weighted by molar-refractivity contribution is -0.145. The van der Waals surface area contributed by atoms with E-state index in [2.05, 4.69) is 15.1 Å². The molecule has 0 spiro atoms. The molecule has 1 atom stereocenters. The monoisotopic (exact) mass is 435 g/mol. The summed E-state index contributed by atoms with van der Waals surface area (Å²) >= 11 is 0. The minimum Gasteiger partial charge on any atom is -0.491 e. The second kappa shape index (κ2) is 7.71. The molecule has 0 saturated carbocycles. The summed E-state index contributed by atoms with van der Waals surface area (Å²) in [6.45, 7) is 0.850. The Morgan fingerprint density at radius 3 is 2.68 bits per heavy atom. The van der Waals surface area contributed by atoms with Crippen molar-refractivity contribution in [2.24, 2.45) is 5.10 Å². The fourth-order valence-corrected chi connectivity index (χ4v) is 3.81. The van der Waals surface area contributed by atoms with Crippen molar-refractivity contribution < 1.29 is 27.4 Å². The van der Waals surface area contributed by atoms with Gasteiger partial charge < -0.3 is 14.4 Å². The first-order valence-electron chi connectivity index (χ1n) is 9.46. The largest absolute Gasteiger partial charge is 0.491 e. The number of hydrazone groups is 1. The topological polar surface area (TPSA) is 80.2 Å². The van der Waals surface area contributed by atoms with E-state index in [0.717, 1.165) is 10.6 Å². The van der Waals surface area contributed by atoms with Gasteiger partial charge in [0.2, 0.25) is 0 Å². The number of alkyl halides is 3. The number of aryl methyl sites for hydroxylation is 1. The highest BCUT2D eigenvalue weighted by Gasteiger charge is 2.39. The number of carbonyl (C=O) groups excluding carboxylic acids is 1. The standard InChI is InChI=1S/C20H20F3N5O3/c1-11-17-13(4-15(26-11)12-5-16(30-2)18(31-3)24-6-12)8-28(19(17)29)14-7-25-27(9-14)10-20(21,22)23/h4-7,14H,8-10H2,1-3H3. The second-order valence-electron chi connectivity index (χ2n) is 7.29. The van der Waals surface area contributed by atoms with Crippen molar-refractivity contribution in [3.63, 3.8) is 0 Å². The minimum atomic E-state index is -4.35. The number of fused-ring (bicyclic) bond motifs is 1. The van der Waals surface area contributed by atoms with Crippen LogP contribution in [0.3, 0.4) is 0 Å². The number of aromatic nitrogens is 2. The zero-order valence-electron chi connectivity index (χ0n) is 17.1. The molecule has 2 aliphatic rings. The van der Waals surface area contributed by atoms with E-state index in [-0.39, 0.29) is 19.0 Å². The molecule has 4 rings (SSSR count). The van der Waals surface area contributed by atoms with Crippen LogP contribution in [-0.4, -0.2) is 71.5 Å². The molecule has 0 saturated heterocycles. The third-order valence-corrected chi connectivity index (χ3v) is 5.19. The van der Waals surface area contributed by atoms with Crippen LogP contribution in [0, 0.1) is 6.92 Å². The molecule has 164 valence electrons. The smallest absolute Gasteiger partial charge is 0.407 e. The Balaban J connectivity index is 1.58. The average molecular weight is 435 g/mol. The summed E-state index contributed by atoms with van der Waals surface area (Å²) in [4.78, 5) is 23.2. The fourth-order valence-electron chi connectivity index (χ4n) is 3.81. The van der Waals surface area contributed by atoms with Crippen molar-refractivity contribution in [2.75, 3.05) is 27.3 Å². The van der Waals surface area contributed by atoms with Gasteiger partial charge in [-0.1, -0.05) is 0 Å². The summed E-state index contributed by atoms with van der Waals surface area (Å²) in [5.74, 6) is 0.529. The van der Waals surface area contributed by atoms with Crippen molar-refractivity contribution in [1.82, 2.24) is 19.9 Å². The van der Waals surface area contributed by atoms with E-state index in [0.29, 0.717) is 34.1 Å².